The molecule has 21 heavy (non-hydrogen) atoms. The van der Waals surface area contributed by atoms with Crippen molar-refractivity contribution in [1.82, 2.24) is 0 Å². The molecule has 106 valence electrons. The highest BCUT2D eigenvalue weighted by Crippen LogP contribution is 2.22. The van der Waals surface area contributed by atoms with E-state index in [-0.39, 0.29) is 5.56 Å². The molecule has 0 heterocycles. The molecule has 2 aromatic carbocycles. The van der Waals surface area contributed by atoms with Gasteiger partial charge in [-0.2, -0.15) is 5.26 Å². The first-order valence-electron chi connectivity index (χ1n) is 6.28. The minimum Gasteiger partial charge on any atom is -0.497 e. The Balaban J connectivity index is 2.12. The summed E-state index contributed by atoms with van der Waals surface area (Å²) in [7, 11) is 1.57. The van der Waals surface area contributed by atoms with Crippen LogP contribution in [0.1, 0.15) is 21.5 Å². The Morgan fingerprint density at radius 2 is 2.00 bits per heavy atom. The molecule has 0 unspecified atom stereocenters. The van der Waals surface area contributed by atoms with Gasteiger partial charge in [-0.25, -0.2) is 4.79 Å². The largest absolute Gasteiger partial charge is 0.497 e. The number of hydrogen-bond donors (Lipinski definition) is 2. The van der Waals surface area contributed by atoms with Gasteiger partial charge in [0.2, 0.25) is 0 Å². The number of rotatable bonds is 5. The number of hydrogen-bond acceptors (Lipinski definition) is 4. The normalized spacial score (nSPS) is 9.71. The van der Waals surface area contributed by atoms with Crippen molar-refractivity contribution >= 4 is 11.7 Å². The second-order valence-electron chi connectivity index (χ2n) is 4.38. The lowest BCUT2D eigenvalue weighted by Gasteiger charge is -2.10. The van der Waals surface area contributed by atoms with Gasteiger partial charge in [0, 0.05) is 12.6 Å². The van der Waals surface area contributed by atoms with E-state index in [0.29, 0.717) is 23.5 Å². The topological polar surface area (TPSA) is 82.3 Å². The SMILES string of the molecule is COc1ccc(C#N)c(NCc2ccc(C(=O)O)cc2)c1. The van der Waals surface area contributed by atoms with Gasteiger partial charge in [-0.15, -0.1) is 0 Å². The Bertz CT molecular complexity index is 688. The van der Waals surface area contributed by atoms with Gasteiger partial charge >= 0.3 is 5.97 Å². The van der Waals surface area contributed by atoms with Crippen molar-refractivity contribution in [2.24, 2.45) is 0 Å². The third-order valence-corrected chi connectivity index (χ3v) is 3.03. The molecule has 0 aliphatic rings. The van der Waals surface area contributed by atoms with E-state index in [9.17, 15) is 4.79 Å². The number of carboxylic acids is 1. The number of nitrogens with one attached hydrogen (secondary N) is 1. The van der Waals surface area contributed by atoms with Gasteiger partial charge in [-0.1, -0.05) is 12.1 Å². The first-order chi connectivity index (χ1) is 10.1. The summed E-state index contributed by atoms with van der Waals surface area (Å²) in [5.74, 6) is -0.285. The predicted octanol–water partition coefficient (Wildman–Crippen LogP) is 2.88. The predicted molar refractivity (Wildman–Crippen MR) is 78.4 cm³/mol. The van der Waals surface area contributed by atoms with Crippen molar-refractivity contribution < 1.29 is 14.6 Å². The fourth-order valence-corrected chi connectivity index (χ4v) is 1.86. The van der Waals surface area contributed by atoms with Crippen LogP contribution in [0.4, 0.5) is 5.69 Å². The third-order valence-electron chi connectivity index (χ3n) is 3.03. The van der Waals surface area contributed by atoms with E-state index in [1.807, 2.05) is 0 Å². The lowest BCUT2D eigenvalue weighted by Crippen LogP contribution is -2.03. The van der Waals surface area contributed by atoms with Crippen LogP contribution in [0.5, 0.6) is 5.75 Å². The highest BCUT2D eigenvalue weighted by molar-refractivity contribution is 5.87. The van der Waals surface area contributed by atoms with Crippen molar-refractivity contribution in [3.05, 3.63) is 59.2 Å². The summed E-state index contributed by atoms with van der Waals surface area (Å²) in [6.45, 7) is 0.488. The van der Waals surface area contributed by atoms with Crippen molar-refractivity contribution in [2.75, 3.05) is 12.4 Å². The zero-order chi connectivity index (χ0) is 15.2. The van der Waals surface area contributed by atoms with Gasteiger partial charge in [0.1, 0.15) is 11.8 Å². The number of anilines is 1. The van der Waals surface area contributed by atoms with Gasteiger partial charge in [-0.05, 0) is 29.8 Å². The van der Waals surface area contributed by atoms with Crippen LogP contribution in [0, 0.1) is 11.3 Å². The average molecular weight is 282 g/mol. The number of methoxy groups -OCH3 is 1. The van der Waals surface area contributed by atoms with Crippen LogP contribution in [-0.2, 0) is 6.54 Å². The first-order valence-corrected chi connectivity index (χ1v) is 6.28. The van der Waals surface area contributed by atoms with Gasteiger partial charge in [0.15, 0.2) is 0 Å². The van der Waals surface area contributed by atoms with E-state index in [1.165, 1.54) is 0 Å². The number of carboxylic acid groups (broad SMARTS) is 1. The third kappa shape index (κ3) is 3.51. The van der Waals surface area contributed by atoms with Crippen LogP contribution in [0.25, 0.3) is 0 Å². The average Bonchev–Trinajstić information content (AvgIpc) is 2.52. The fourth-order valence-electron chi connectivity index (χ4n) is 1.86. The Hall–Kier alpha value is -3.00. The minimum absolute atomic E-state index is 0.248. The lowest BCUT2D eigenvalue weighted by atomic mass is 10.1. The zero-order valence-electron chi connectivity index (χ0n) is 11.5. The summed E-state index contributed by atoms with van der Waals surface area (Å²) < 4.78 is 5.13. The Morgan fingerprint density at radius 1 is 1.29 bits per heavy atom. The molecule has 0 aromatic heterocycles. The van der Waals surface area contributed by atoms with E-state index in [0.717, 1.165) is 5.56 Å². The number of nitriles is 1. The summed E-state index contributed by atoms with van der Waals surface area (Å²) in [5.41, 5.74) is 2.38. The van der Waals surface area contributed by atoms with Gasteiger partial charge in [-0.3, -0.25) is 0 Å². The Kier molecular flexibility index (Phi) is 4.42. The fraction of sp³-hybridized carbons (Fsp3) is 0.125. The van der Waals surface area contributed by atoms with E-state index in [2.05, 4.69) is 11.4 Å². The summed E-state index contributed by atoms with van der Waals surface area (Å²) in [4.78, 5) is 10.8. The second kappa shape index (κ2) is 6.44. The molecular weight excluding hydrogens is 268 g/mol. The molecule has 0 radical (unpaired) electrons. The van der Waals surface area contributed by atoms with Crippen molar-refractivity contribution in [3.63, 3.8) is 0 Å². The molecule has 0 aliphatic heterocycles. The molecule has 0 amide bonds. The van der Waals surface area contributed by atoms with Crippen molar-refractivity contribution in [3.8, 4) is 11.8 Å². The van der Waals surface area contributed by atoms with E-state index >= 15 is 0 Å². The van der Waals surface area contributed by atoms with Crippen LogP contribution in [0.3, 0.4) is 0 Å². The van der Waals surface area contributed by atoms with E-state index in [4.69, 9.17) is 15.1 Å². The Morgan fingerprint density at radius 3 is 2.57 bits per heavy atom. The molecule has 0 bridgehead atoms. The summed E-state index contributed by atoms with van der Waals surface area (Å²) >= 11 is 0. The molecule has 0 atom stereocenters. The molecule has 0 saturated carbocycles. The molecule has 0 saturated heterocycles. The second-order valence-corrected chi connectivity index (χ2v) is 4.38. The minimum atomic E-state index is -0.950. The molecule has 2 N–H and O–H groups in total. The van der Waals surface area contributed by atoms with Crippen LogP contribution in [0.2, 0.25) is 0 Å². The number of nitrogens with zero attached hydrogens (tertiary/aromatic N) is 1. The van der Waals surface area contributed by atoms with Crippen molar-refractivity contribution in [1.29, 1.82) is 5.26 Å². The summed E-state index contributed by atoms with van der Waals surface area (Å²) in [5, 5.41) is 21.1. The van der Waals surface area contributed by atoms with Crippen LogP contribution in [-0.4, -0.2) is 18.2 Å². The molecule has 5 nitrogen and oxygen atoms in total. The first kappa shape index (κ1) is 14.4. The monoisotopic (exact) mass is 282 g/mol. The molecule has 2 rings (SSSR count). The van der Waals surface area contributed by atoms with E-state index in [1.54, 1.807) is 49.6 Å². The van der Waals surface area contributed by atoms with Crippen LogP contribution >= 0.6 is 0 Å². The van der Waals surface area contributed by atoms with Gasteiger partial charge in [0.25, 0.3) is 0 Å². The molecule has 0 aliphatic carbocycles. The number of benzene rings is 2. The van der Waals surface area contributed by atoms with Crippen LogP contribution in [0.15, 0.2) is 42.5 Å². The molecular formula is C16H14N2O3. The Labute approximate surface area is 122 Å². The number of ether oxygens (including phenoxy) is 1. The lowest BCUT2D eigenvalue weighted by molar-refractivity contribution is 0.0697. The number of aromatic carboxylic acids is 1. The maximum Gasteiger partial charge on any atom is 0.335 e. The highest BCUT2D eigenvalue weighted by Gasteiger charge is 2.05. The van der Waals surface area contributed by atoms with Crippen LogP contribution < -0.4 is 10.1 Å². The van der Waals surface area contributed by atoms with Gasteiger partial charge in [0.05, 0.1) is 23.9 Å². The zero-order valence-corrected chi connectivity index (χ0v) is 11.5. The molecule has 5 heteroatoms. The maximum atomic E-state index is 10.8. The molecule has 0 fully saturated rings. The summed E-state index contributed by atoms with van der Waals surface area (Å²) in [6.07, 6.45) is 0. The van der Waals surface area contributed by atoms with Gasteiger partial charge < -0.3 is 15.2 Å². The molecule has 0 spiro atoms. The summed E-state index contributed by atoms with van der Waals surface area (Å²) in [6, 6.07) is 13.9. The van der Waals surface area contributed by atoms with Crippen molar-refractivity contribution in [2.45, 2.75) is 6.54 Å². The molecule has 2 aromatic rings. The van der Waals surface area contributed by atoms with E-state index < -0.39 is 5.97 Å². The maximum absolute atomic E-state index is 10.8. The number of carbonyl (C=O) groups is 1. The highest BCUT2D eigenvalue weighted by atomic mass is 16.5. The quantitative estimate of drug-likeness (QED) is 0.881. The standard InChI is InChI=1S/C16H14N2O3/c1-21-14-7-6-13(9-17)15(8-14)18-10-11-2-4-12(5-3-11)16(19)20/h2-8,18H,10H2,1H3,(H,19,20). The smallest absolute Gasteiger partial charge is 0.335 e.